The summed E-state index contributed by atoms with van der Waals surface area (Å²) in [4.78, 5) is 38.5. The molecule has 0 radical (unpaired) electrons. The molecule has 42 heavy (non-hydrogen) atoms. The van der Waals surface area contributed by atoms with Gasteiger partial charge in [-0.2, -0.15) is 0 Å². The maximum absolute atomic E-state index is 12.5. The molecule has 10 nitrogen and oxygen atoms in total. The number of methoxy groups -OCH3 is 1. The van der Waals surface area contributed by atoms with Gasteiger partial charge in [0.25, 0.3) is 0 Å². The Bertz CT molecular complexity index is 1410. The van der Waals surface area contributed by atoms with Gasteiger partial charge < -0.3 is 14.4 Å². The smallest absolute Gasteiger partial charge is 0.412 e. The standard InChI is InChI=1S/C32H44N6O4/c1-6-7-21(2)42-32(40)34-27-13-10-25(20-28(27)41-5)29-30-22(3)33-14-15-38(30)31(35-29)24-8-11-26(12-9-24)37-18-16-36(17-19-37)23(4)39/h10,13-15,20-21,24,26H,6-9,11-12,16-19H2,1-5H3,(H,34,40)/t21-,24-,26-/m0/s1. The van der Waals surface area contributed by atoms with E-state index in [1.807, 2.05) is 49.3 Å². The minimum Gasteiger partial charge on any atom is -0.495 e. The summed E-state index contributed by atoms with van der Waals surface area (Å²) < 4.78 is 13.3. The van der Waals surface area contributed by atoms with Gasteiger partial charge in [0.1, 0.15) is 17.7 Å². The molecule has 2 aliphatic rings. The number of fused-ring (bicyclic) bond motifs is 1. The number of ether oxygens (including phenoxy) is 2. The van der Waals surface area contributed by atoms with Crippen molar-refractivity contribution in [3.63, 3.8) is 0 Å². The number of anilines is 1. The Balaban J connectivity index is 1.34. The van der Waals surface area contributed by atoms with E-state index < -0.39 is 6.09 Å². The molecule has 1 aliphatic carbocycles. The second-order valence-electron chi connectivity index (χ2n) is 11.6. The first-order valence-electron chi connectivity index (χ1n) is 15.3. The molecule has 1 N–H and O–H groups in total. The maximum Gasteiger partial charge on any atom is 0.412 e. The van der Waals surface area contributed by atoms with Gasteiger partial charge in [-0.05, 0) is 58.1 Å². The van der Waals surface area contributed by atoms with Crippen LogP contribution >= 0.6 is 0 Å². The molecule has 3 aromatic rings. The summed E-state index contributed by atoms with van der Waals surface area (Å²) in [6, 6.07) is 6.28. The lowest BCUT2D eigenvalue weighted by Gasteiger charge is -2.41. The molecular formula is C32H44N6O4. The summed E-state index contributed by atoms with van der Waals surface area (Å²) in [5, 5.41) is 2.83. The van der Waals surface area contributed by atoms with Crippen LogP contribution in [0, 0.1) is 6.92 Å². The lowest BCUT2D eigenvalue weighted by atomic mass is 9.84. The zero-order chi connectivity index (χ0) is 29.8. The molecule has 1 saturated carbocycles. The number of hydrogen-bond acceptors (Lipinski definition) is 7. The Hall–Kier alpha value is -3.66. The highest BCUT2D eigenvalue weighted by Gasteiger charge is 2.32. The van der Waals surface area contributed by atoms with Crippen LogP contribution in [0.25, 0.3) is 16.8 Å². The predicted molar refractivity (Wildman–Crippen MR) is 163 cm³/mol. The van der Waals surface area contributed by atoms with Gasteiger partial charge in [-0.15, -0.1) is 0 Å². The number of aromatic nitrogens is 3. The van der Waals surface area contributed by atoms with Crippen LogP contribution in [0.5, 0.6) is 5.75 Å². The third-order valence-electron chi connectivity index (χ3n) is 8.82. The van der Waals surface area contributed by atoms with E-state index >= 15 is 0 Å². The average Bonchev–Trinajstić information content (AvgIpc) is 3.38. The molecule has 0 bridgehead atoms. The van der Waals surface area contributed by atoms with Crippen molar-refractivity contribution in [2.45, 2.75) is 84.3 Å². The minimum atomic E-state index is -0.492. The number of rotatable bonds is 8. The summed E-state index contributed by atoms with van der Waals surface area (Å²) in [7, 11) is 1.59. The van der Waals surface area contributed by atoms with Crippen LogP contribution in [0.15, 0.2) is 30.6 Å². The monoisotopic (exact) mass is 576 g/mol. The Morgan fingerprint density at radius 2 is 1.86 bits per heavy atom. The SMILES string of the molecule is CCC[C@H](C)OC(=O)Nc1ccc(-c2nc([C@H]3CC[C@H](N4CCN(C(C)=O)CC4)CC3)n3ccnc(C)c23)cc1OC. The molecule has 5 rings (SSSR count). The first-order valence-corrected chi connectivity index (χ1v) is 15.3. The molecule has 0 unspecified atom stereocenters. The van der Waals surface area contributed by atoms with Crippen LogP contribution in [0.3, 0.4) is 0 Å². The van der Waals surface area contributed by atoms with Crippen LogP contribution < -0.4 is 10.1 Å². The van der Waals surface area contributed by atoms with Gasteiger partial charge in [0, 0.05) is 63.0 Å². The fourth-order valence-electron chi connectivity index (χ4n) is 6.54. The molecule has 1 saturated heterocycles. The van der Waals surface area contributed by atoms with E-state index in [0.29, 0.717) is 23.4 Å². The molecule has 10 heteroatoms. The van der Waals surface area contributed by atoms with Crippen molar-refractivity contribution in [3.8, 4) is 17.0 Å². The molecular weight excluding hydrogens is 532 g/mol. The van der Waals surface area contributed by atoms with Gasteiger partial charge in [0.2, 0.25) is 5.91 Å². The van der Waals surface area contributed by atoms with Gasteiger partial charge in [0.15, 0.2) is 0 Å². The number of carbonyl (C=O) groups is 2. The van der Waals surface area contributed by atoms with E-state index in [2.05, 4.69) is 26.5 Å². The summed E-state index contributed by atoms with van der Waals surface area (Å²) in [5.74, 6) is 2.14. The second-order valence-corrected chi connectivity index (χ2v) is 11.6. The first-order chi connectivity index (χ1) is 20.3. The molecule has 226 valence electrons. The Morgan fingerprint density at radius 1 is 1.12 bits per heavy atom. The van der Waals surface area contributed by atoms with E-state index in [4.69, 9.17) is 14.5 Å². The first kappa shape index (κ1) is 29.8. The molecule has 1 aromatic carbocycles. The quantitative estimate of drug-likeness (QED) is 0.370. The highest BCUT2D eigenvalue weighted by Crippen LogP contribution is 2.39. The van der Waals surface area contributed by atoms with Crippen molar-refractivity contribution in [2.24, 2.45) is 0 Å². The number of piperazine rings is 1. The third-order valence-corrected chi connectivity index (χ3v) is 8.82. The molecule has 1 atom stereocenters. The van der Waals surface area contributed by atoms with Crippen molar-refractivity contribution in [1.82, 2.24) is 24.2 Å². The summed E-state index contributed by atoms with van der Waals surface area (Å²) in [5.41, 5.74) is 4.23. The summed E-state index contributed by atoms with van der Waals surface area (Å²) in [6.07, 6.45) is 9.36. The normalized spacial score (nSPS) is 20.4. The van der Waals surface area contributed by atoms with Crippen LogP contribution in [-0.2, 0) is 9.53 Å². The Morgan fingerprint density at radius 3 is 2.52 bits per heavy atom. The third kappa shape index (κ3) is 6.38. The van der Waals surface area contributed by atoms with Crippen molar-refractivity contribution < 1.29 is 19.1 Å². The van der Waals surface area contributed by atoms with Crippen molar-refractivity contribution in [3.05, 3.63) is 42.1 Å². The van der Waals surface area contributed by atoms with Gasteiger partial charge in [0.05, 0.1) is 29.7 Å². The van der Waals surface area contributed by atoms with E-state index in [0.717, 1.165) is 93.0 Å². The number of carbonyl (C=O) groups excluding carboxylic acids is 2. The van der Waals surface area contributed by atoms with Crippen LogP contribution in [0.2, 0.25) is 0 Å². The molecule has 2 fully saturated rings. The van der Waals surface area contributed by atoms with E-state index in [1.165, 1.54) is 0 Å². The van der Waals surface area contributed by atoms with E-state index in [-0.39, 0.29) is 12.0 Å². The highest BCUT2D eigenvalue weighted by atomic mass is 16.6. The zero-order valence-electron chi connectivity index (χ0n) is 25.6. The van der Waals surface area contributed by atoms with Crippen LogP contribution in [0.4, 0.5) is 10.5 Å². The maximum atomic E-state index is 12.5. The Labute approximate surface area is 248 Å². The Kier molecular flexibility index (Phi) is 9.30. The fourth-order valence-corrected chi connectivity index (χ4v) is 6.54. The van der Waals surface area contributed by atoms with Gasteiger partial charge in [-0.3, -0.25) is 24.4 Å². The van der Waals surface area contributed by atoms with Gasteiger partial charge >= 0.3 is 6.09 Å². The van der Waals surface area contributed by atoms with Crippen LogP contribution in [-0.4, -0.2) is 81.6 Å². The predicted octanol–water partition coefficient (Wildman–Crippen LogP) is 5.64. The number of hydrogen-bond donors (Lipinski definition) is 1. The lowest BCUT2D eigenvalue weighted by molar-refractivity contribution is -0.131. The molecule has 2 amide bonds. The van der Waals surface area contributed by atoms with Gasteiger partial charge in [-0.1, -0.05) is 19.4 Å². The number of amides is 2. The van der Waals surface area contributed by atoms with E-state index in [1.54, 1.807) is 14.0 Å². The number of imidazole rings is 1. The lowest BCUT2D eigenvalue weighted by Crippen LogP contribution is -2.52. The van der Waals surface area contributed by atoms with Gasteiger partial charge in [-0.25, -0.2) is 9.78 Å². The summed E-state index contributed by atoms with van der Waals surface area (Å²) in [6.45, 7) is 11.2. The molecule has 2 aromatic heterocycles. The largest absolute Gasteiger partial charge is 0.495 e. The van der Waals surface area contributed by atoms with Crippen LogP contribution in [0.1, 0.15) is 76.7 Å². The molecule has 3 heterocycles. The van der Waals surface area contributed by atoms with Crippen molar-refractivity contribution in [1.29, 1.82) is 0 Å². The molecule has 1 aliphatic heterocycles. The zero-order valence-corrected chi connectivity index (χ0v) is 25.6. The summed E-state index contributed by atoms with van der Waals surface area (Å²) >= 11 is 0. The number of nitrogens with zero attached hydrogens (tertiary/aromatic N) is 5. The highest BCUT2D eigenvalue weighted by molar-refractivity contribution is 5.89. The molecule has 0 spiro atoms. The minimum absolute atomic E-state index is 0.155. The van der Waals surface area contributed by atoms with Crippen molar-refractivity contribution in [2.75, 3.05) is 38.6 Å². The number of aryl methyl sites for hydroxylation is 1. The van der Waals surface area contributed by atoms with Crippen molar-refractivity contribution >= 4 is 23.2 Å². The van der Waals surface area contributed by atoms with E-state index in [9.17, 15) is 9.59 Å². The number of benzene rings is 1. The second kappa shape index (κ2) is 13.1. The average molecular weight is 577 g/mol. The fraction of sp³-hybridized carbons (Fsp3) is 0.562. The number of nitrogens with one attached hydrogen (secondary N) is 1. The topological polar surface area (TPSA) is 101 Å².